The van der Waals surface area contributed by atoms with Gasteiger partial charge in [-0.15, -0.1) is 0 Å². The highest BCUT2D eigenvalue weighted by atomic mass is 16.6. The van der Waals surface area contributed by atoms with Crippen LogP contribution in [-0.2, 0) is 4.79 Å². The van der Waals surface area contributed by atoms with Gasteiger partial charge in [-0.05, 0) is 67.4 Å². The van der Waals surface area contributed by atoms with Crippen molar-refractivity contribution in [3.05, 3.63) is 88.2 Å². The molecule has 1 amide bonds. The Balaban J connectivity index is 1.40. The minimum atomic E-state index is -0.443. The highest BCUT2D eigenvalue weighted by Gasteiger charge is 2.10. The van der Waals surface area contributed by atoms with Gasteiger partial charge in [-0.2, -0.15) is 0 Å². The quantitative estimate of drug-likeness (QED) is 0.367. The van der Waals surface area contributed by atoms with Crippen LogP contribution in [0.15, 0.2) is 67.0 Å². The highest BCUT2D eigenvalue weighted by molar-refractivity contribution is 5.92. The van der Waals surface area contributed by atoms with Crippen LogP contribution >= 0.6 is 0 Å². The number of nitrogens with zero attached hydrogens (tertiary/aromatic N) is 3. The van der Waals surface area contributed by atoms with Gasteiger partial charge in [0.15, 0.2) is 6.61 Å². The van der Waals surface area contributed by atoms with Gasteiger partial charge in [0, 0.05) is 23.5 Å². The first-order chi connectivity index (χ1) is 14.9. The molecule has 8 heteroatoms. The number of amides is 1. The molecule has 2 heterocycles. The molecular formula is C23H20N4O4. The second-order valence-electron chi connectivity index (χ2n) is 7.27. The number of nitrogens with one attached hydrogen (secondary N) is 1. The van der Waals surface area contributed by atoms with Gasteiger partial charge in [0.1, 0.15) is 11.4 Å². The number of carbonyl (C=O) groups excluding carboxylic acids is 1. The van der Waals surface area contributed by atoms with Crippen molar-refractivity contribution in [2.75, 3.05) is 11.9 Å². The average Bonchev–Trinajstić information content (AvgIpc) is 3.15. The average molecular weight is 416 g/mol. The lowest BCUT2D eigenvalue weighted by Gasteiger charge is -2.09. The van der Waals surface area contributed by atoms with Crippen LogP contribution in [0.3, 0.4) is 0 Å². The summed E-state index contributed by atoms with van der Waals surface area (Å²) in [6.07, 6.45) is 3.16. The van der Waals surface area contributed by atoms with Crippen LogP contribution in [0.25, 0.3) is 16.9 Å². The van der Waals surface area contributed by atoms with Crippen molar-refractivity contribution in [1.29, 1.82) is 0 Å². The number of fused-ring (bicyclic) bond motifs is 1. The zero-order valence-electron chi connectivity index (χ0n) is 17.0. The first-order valence-electron chi connectivity index (χ1n) is 9.62. The van der Waals surface area contributed by atoms with Crippen LogP contribution < -0.4 is 10.1 Å². The van der Waals surface area contributed by atoms with E-state index in [-0.39, 0.29) is 18.2 Å². The summed E-state index contributed by atoms with van der Waals surface area (Å²) in [6.45, 7) is 3.85. The number of pyridine rings is 1. The Bertz CT molecular complexity index is 1260. The molecule has 1 N–H and O–H groups in total. The lowest BCUT2D eigenvalue weighted by atomic mass is 10.1. The van der Waals surface area contributed by atoms with E-state index in [1.54, 1.807) is 28.8 Å². The van der Waals surface area contributed by atoms with E-state index in [2.05, 4.69) is 10.3 Å². The summed E-state index contributed by atoms with van der Waals surface area (Å²) >= 11 is 0. The molecular weight excluding hydrogens is 396 g/mol. The third-order valence-electron chi connectivity index (χ3n) is 4.67. The van der Waals surface area contributed by atoms with E-state index in [0.717, 1.165) is 22.4 Å². The summed E-state index contributed by atoms with van der Waals surface area (Å²) in [5.74, 6) is 0.315. The van der Waals surface area contributed by atoms with Crippen molar-refractivity contribution in [2.24, 2.45) is 0 Å². The van der Waals surface area contributed by atoms with E-state index in [9.17, 15) is 14.9 Å². The monoisotopic (exact) mass is 416 g/mol. The predicted octanol–water partition coefficient (Wildman–Crippen LogP) is 4.54. The van der Waals surface area contributed by atoms with Gasteiger partial charge in [-0.1, -0.05) is 6.07 Å². The molecule has 0 radical (unpaired) electrons. The molecule has 0 saturated heterocycles. The Labute approximate surface area is 178 Å². The zero-order chi connectivity index (χ0) is 22.0. The number of carbonyl (C=O) groups is 1. The fraction of sp³-hybridized carbons (Fsp3) is 0.130. The van der Waals surface area contributed by atoms with E-state index in [1.807, 2.05) is 44.2 Å². The fourth-order valence-electron chi connectivity index (χ4n) is 3.34. The normalized spacial score (nSPS) is 10.8. The maximum absolute atomic E-state index is 12.2. The number of aryl methyl sites for hydroxylation is 2. The summed E-state index contributed by atoms with van der Waals surface area (Å²) in [5, 5.41) is 13.8. The molecule has 4 aromatic rings. The molecule has 0 unspecified atom stereocenters. The topological polar surface area (TPSA) is 98.8 Å². The summed E-state index contributed by atoms with van der Waals surface area (Å²) in [7, 11) is 0. The van der Waals surface area contributed by atoms with Crippen molar-refractivity contribution in [1.82, 2.24) is 9.38 Å². The summed E-state index contributed by atoms with van der Waals surface area (Å²) in [4.78, 5) is 27.1. The third-order valence-corrected chi connectivity index (χ3v) is 4.67. The molecule has 0 aliphatic rings. The molecule has 0 spiro atoms. The molecule has 156 valence electrons. The van der Waals surface area contributed by atoms with Crippen LogP contribution in [0.1, 0.15) is 11.1 Å². The van der Waals surface area contributed by atoms with Crippen LogP contribution in [0.2, 0.25) is 0 Å². The molecule has 0 aliphatic heterocycles. The van der Waals surface area contributed by atoms with E-state index < -0.39 is 4.92 Å². The Morgan fingerprint density at radius 1 is 1.06 bits per heavy atom. The maximum Gasteiger partial charge on any atom is 0.286 e. The Hall–Kier alpha value is -4.20. The standard InChI is InChI=1S/C23H20N4O4/c1-15-9-16(2)11-18(10-15)24-23(28)14-31-20-6-3-17(4-7-20)21-13-26-12-19(27(29)30)5-8-22(26)25-21/h3-13H,14H2,1-2H3,(H,24,28). The second kappa shape index (κ2) is 8.27. The molecule has 0 aliphatic carbocycles. The highest BCUT2D eigenvalue weighted by Crippen LogP contribution is 2.23. The zero-order valence-corrected chi connectivity index (χ0v) is 17.0. The number of anilines is 1. The van der Waals surface area contributed by atoms with Gasteiger partial charge < -0.3 is 10.1 Å². The lowest BCUT2D eigenvalue weighted by Crippen LogP contribution is -2.20. The molecule has 8 nitrogen and oxygen atoms in total. The Morgan fingerprint density at radius 3 is 2.45 bits per heavy atom. The van der Waals surface area contributed by atoms with E-state index >= 15 is 0 Å². The van der Waals surface area contributed by atoms with E-state index in [0.29, 0.717) is 17.1 Å². The molecule has 31 heavy (non-hydrogen) atoms. The van der Waals surface area contributed by atoms with Gasteiger partial charge in [0.2, 0.25) is 0 Å². The van der Waals surface area contributed by atoms with Gasteiger partial charge in [-0.3, -0.25) is 19.3 Å². The molecule has 0 atom stereocenters. The first kappa shape index (κ1) is 20.1. The molecule has 0 fully saturated rings. The lowest BCUT2D eigenvalue weighted by molar-refractivity contribution is -0.385. The van der Waals surface area contributed by atoms with Gasteiger partial charge >= 0.3 is 0 Å². The van der Waals surface area contributed by atoms with Gasteiger partial charge in [0.05, 0.1) is 16.8 Å². The molecule has 2 aromatic carbocycles. The number of hydrogen-bond acceptors (Lipinski definition) is 5. The number of aromatic nitrogens is 2. The SMILES string of the molecule is Cc1cc(C)cc(NC(=O)COc2ccc(-c3cn4cc([N+](=O)[O-])ccc4n3)cc2)c1. The van der Waals surface area contributed by atoms with Crippen molar-refractivity contribution < 1.29 is 14.5 Å². The minimum Gasteiger partial charge on any atom is -0.484 e. The van der Waals surface area contributed by atoms with Crippen molar-refractivity contribution >= 4 is 22.9 Å². The number of hydrogen-bond donors (Lipinski definition) is 1. The Morgan fingerprint density at radius 2 is 1.77 bits per heavy atom. The number of benzene rings is 2. The summed E-state index contributed by atoms with van der Waals surface area (Å²) in [6, 6.07) is 16.0. The molecule has 2 aromatic heterocycles. The maximum atomic E-state index is 12.2. The van der Waals surface area contributed by atoms with E-state index in [1.165, 1.54) is 12.3 Å². The predicted molar refractivity (Wildman–Crippen MR) is 117 cm³/mol. The van der Waals surface area contributed by atoms with E-state index in [4.69, 9.17) is 4.74 Å². The molecule has 0 bridgehead atoms. The van der Waals surface area contributed by atoms with Crippen LogP contribution in [0.5, 0.6) is 5.75 Å². The van der Waals surface area contributed by atoms with Crippen LogP contribution in [0.4, 0.5) is 11.4 Å². The first-order valence-corrected chi connectivity index (χ1v) is 9.62. The molecule has 0 saturated carbocycles. The van der Waals surface area contributed by atoms with Crippen molar-refractivity contribution in [3.63, 3.8) is 0 Å². The van der Waals surface area contributed by atoms with Crippen molar-refractivity contribution in [3.8, 4) is 17.0 Å². The van der Waals surface area contributed by atoms with Crippen LogP contribution in [0, 0.1) is 24.0 Å². The number of rotatable bonds is 6. The van der Waals surface area contributed by atoms with Gasteiger partial charge in [0.25, 0.3) is 11.6 Å². The molecule has 4 rings (SSSR count). The van der Waals surface area contributed by atoms with Gasteiger partial charge in [-0.25, -0.2) is 4.98 Å². The second-order valence-corrected chi connectivity index (χ2v) is 7.27. The third kappa shape index (κ3) is 4.69. The largest absolute Gasteiger partial charge is 0.484 e. The number of ether oxygens (including phenoxy) is 1. The van der Waals surface area contributed by atoms with Crippen LogP contribution in [-0.4, -0.2) is 26.8 Å². The summed E-state index contributed by atoms with van der Waals surface area (Å²) < 4.78 is 7.20. The van der Waals surface area contributed by atoms with Crippen molar-refractivity contribution in [2.45, 2.75) is 13.8 Å². The summed E-state index contributed by atoms with van der Waals surface area (Å²) in [5.41, 5.74) is 5.02. The Kier molecular flexibility index (Phi) is 5.36. The smallest absolute Gasteiger partial charge is 0.286 e. The number of nitro groups is 1. The number of imidazole rings is 1. The fourth-order valence-corrected chi connectivity index (χ4v) is 3.34. The minimum absolute atomic E-state index is 0.000650.